The molecule has 142 valence electrons. The van der Waals surface area contributed by atoms with Gasteiger partial charge in [-0.05, 0) is 48.4 Å². The average Bonchev–Trinajstić information content (AvgIpc) is 2.73. The molecule has 2 amide bonds. The first-order chi connectivity index (χ1) is 13.2. The lowest BCUT2D eigenvalue weighted by molar-refractivity contribution is -0.129. The number of benzene rings is 2. The van der Waals surface area contributed by atoms with E-state index >= 15 is 0 Å². The Balaban J connectivity index is 1.54. The zero-order valence-corrected chi connectivity index (χ0v) is 15.4. The molecule has 0 aliphatic heterocycles. The van der Waals surface area contributed by atoms with Crippen molar-refractivity contribution in [2.75, 3.05) is 0 Å². The first-order valence-electron chi connectivity index (χ1n) is 9.55. The van der Waals surface area contributed by atoms with Crippen LogP contribution in [0.4, 0.5) is 0 Å². The summed E-state index contributed by atoms with van der Waals surface area (Å²) in [5.74, 6) is 0.00911. The fraction of sp³-hybridized carbons (Fsp3) is 0.364. The van der Waals surface area contributed by atoms with Gasteiger partial charge in [-0.25, -0.2) is 5.48 Å². The number of hydrogen-bond acceptors (Lipinski definition) is 3. The van der Waals surface area contributed by atoms with Crippen molar-refractivity contribution in [2.45, 2.75) is 44.6 Å². The van der Waals surface area contributed by atoms with Crippen molar-refractivity contribution in [1.82, 2.24) is 10.8 Å². The van der Waals surface area contributed by atoms with E-state index in [4.69, 9.17) is 5.21 Å². The Kier molecular flexibility index (Phi) is 6.60. The second-order valence-corrected chi connectivity index (χ2v) is 7.22. The zero-order valence-electron chi connectivity index (χ0n) is 15.4. The largest absolute Gasteiger partial charge is 0.349 e. The van der Waals surface area contributed by atoms with Crippen LogP contribution in [0.3, 0.4) is 0 Å². The van der Waals surface area contributed by atoms with E-state index in [1.165, 1.54) is 0 Å². The lowest BCUT2D eigenvalue weighted by Gasteiger charge is -2.29. The van der Waals surface area contributed by atoms with Crippen molar-refractivity contribution >= 4 is 11.8 Å². The molecule has 0 heterocycles. The number of carbonyl (C=O) groups is 2. The molecule has 3 rings (SSSR count). The average molecular weight is 366 g/mol. The molecular weight excluding hydrogens is 340 g/mol. The van der Waals surface area contributed by atoms with Gasteiger partial charge >= 0.3 is 0 Å². The van der Waals surface area contributed by atoms with Gasteiger partial charge in [0.1, 0.15) is 0 Å². The third kappa shape index (κ3) is 5.41. The van der Waals surface area contributed by atoms with Gasteiger partial charge in [-0.15, -0.1) is 0 Å². The molecule has 1 fully saturated rings. The SMILES string of the molecule is O=C(CC[C@H]1CCC[C@@H](NC(=O)c2ccc(-c3ccccc3)cc2)C1)NO. The fourth-order valence-corrected chi connectivity index (χ4v) is 3.79. The molecule has 2 aromatic rings. The lowest BCUT2D eigenvalue weighted by Crippen LogP contribution is -2.38. The molecule has 0 aromatic heterocycles. The van der Waals surface area contributed by atoms with E-state index in [0.717, 1.165) is 43.2 Å². The molecular formula is C22H26N2O3. The van der Waals surface area contributed by atoms with E-state index in [2.05, 4.69) is 5.32 Å². The summed E-state index contributed by atoms with van der Waals surface area (Å²) in [5, 5.41) is 11.7. The number of carbonyl (C=O) groups excluding carboxylic acids is 2. The van der Waals surface area contributed by atoms with Crippen LogP contribution in [0.15, 0.2) is 54.6 Å². The van der Waals surface area contributed by atoms with Crippen molar-refractivity contribution in [3.05, 3.63) is 60.2 Å². The minimum Gasteiger partial charge on any atom is -0.349 e. The van der Waals surface area contributed by atoms with Crippen LogP contribution < -0.4 is 10.8 Å². The third-order valence-corrected chi connectivity index (χ3v) is 5.28. The van der Waals surface area contributed by atoms with Crippen molar-refractivity contribution < 1.29 is 14.8 Å². The first-order valence-corrected chi connectivity index (χ1v) is 9.55. The number of amides is 2. The fourth-order valence-electron chi connectivity index (χ4n) is 3.79. The predicted octanol–water partition coefficient (Wildman–Crippen LogP) is 3.93. The van der Waals surface area contributed by atoms with Crippen LogP contribution in [0.25, 0.3) is 11.1 Å². The van der Waals surface area contributed by atoms with Crippen LogP contribution in [-0.4, -0.2) is 23.1 Å². The molecule has 0 unspecified atom stereocenters. The molecule has 0 saturated heterocycles. The van der Waals surface area contributed by atoms with E-state index < -0.39 is 0 Å². The summed E-state index contributed by atoms with van der Waals surface area (Å²) in [6.45, 7) is 0. The maximum atomic E-state index is 12.6. The van der Waals surface area contributed by atoms with E-state index in [-0.39, 0.29) is 17.9 Å². The van der Waals surface area contributed by atoms with Gasteiger partial charge in [-0.2, -0.15) is 0 Å². The molecule has 2 aromatic carbocycles. The number of nitrogens with one attached hydrogen (secondary N) is 2. The first kappa shape index (κ1) is 19.1. The Hall–Kier alpha value is -2.66. The summed E-state index contributed by atoms with van der Waals surface area (Å²) in [7, 11) is 0. The third-order valence-electron chi connectivity index (χ3n) is 5.28. The Bertz CT molecular complexity index is 759. The van der Waals surface area contributed by atoms with Crippen LogP contribution in [0.1, 0.15) is 48.9 Å². The summed E-state index contributed by atoms with van der Waals surface area (Å²) in [4.78, 5) is 23.8. The Labute approximate surface area is 159 Å². The highest BCUT2D eigenvalue weighted by Gasteiger charge is 2.24. The summed E-state index contributed by atoms with van der Waals surface area (Å²) >= 11 is 0. The van der Waals surface area contributed by atoms with E-state index in [1.807, 2.05) is 54.6 Å². The maximum absolute atomic E-state index is 12.6. The second-order valence-electron chi connectivity index (χ2n) is 7.22. The van der Waals surface area contributed by atoms with Gasteiger partial charge in [-0.3, -0.25) is 14.8 Å². The van der Waals surface area contributed by atoms with Gasteiger partial charge in [0.15, 0.2) is 0 Å². The van der Waals surface area contributed by atoms with Crippen molar-refractivity contribution in [3.63, 3.8) is 0 Å². The van der Waals surface area contributed by atoms with Gasteiger partial charge in [0, 0.05) is 18.0 Å². The summed E-state index contributed by atoms with van der Waals surface area (Å²) in [5.41, 5.74) is 4.56. The molecule has 1 aliphatic rings. The smallest absolute Gasteiger partial charge is 0.251 e. The number of rotatable bonds is 6. The zero-order chi connectivity index (χ0) is 19.1. The minimum absolute atomic E-state index is 0.0478. The molecule has 0 bridgehead atoms. The highest BCUT2D eigenvalue weighted by atomic mass is 16.5. The lowest BCUT2D eigenvalue weighted by atomic mass is 9.83. The van der Waals surface area contributed by atoms with Crippen molar-refractivity contribution in [2.24, 2.45) is 5.92 Å². The van der Waals surface area contributed by atoms with E-state index in [0.29, 0.717) is 17.9 Å². The monoisotopic (exact) mass is 366 g/mol. The highest BCUT2D eigenvalue weighted by molar-refractivity contribution is 5.94. The van der Waals surface area contributed by atoms with Crippen LogP contribution in [0.5, 0.6) is 0 Å². The summed E-state index contributed by atoms with van der Waals surface area (Å²) in [6, 6.07) is 17.9. The Morgan fingerprint density at radius 1 is 0.963 bits per heavy atom. The molecule has 5 heteroatoms. The maximum Gasteiger partial charge on any atom is 0.251 e. The molecule has 27 heavy (non-hydrogen) atoms. The predicted molar refractivity (Wildman–Crippen MR) is 104 cm³/mol. The van der Waals surface area contributed by atoms with Crippen LogP contribution in [0, 0.1) is 5.92 Å². The Morgan fingerprint density at radius 3 is 2.37 bits per heavy atom. The number of hydroxylamine groups is 1. The standard InChI is InChI=1S/C22H26N2O3/c25-21(24-27)14-9-16-5-4-8-20(15-16)23-22(26)19-12-10-18(11-13-19)17-6-2-1-3-7-17/h1-3,6-7,10-13,16,20,27H,4-5,8-9,14-15H2,(H,23,26)(H,24,25)/t16-,20-/m1/s1. The number of hydrogen-bond donors (Lipinski definition) is 3. The quantitative estimate of drug-likeness (QED) is 0.535. The highest BCUT2D eigenvalue weighted by Crippen LogP contribution is 2.28. The molecule has 1 saturated carbocycles. The Morgan fingerprint density at radius 2 is 1.67 bits per heavy atom. The second kappa shape index (κ2) is 9.33. The minimum atomic E-state index is -0.348. The van der Waals surface area contributed by atoms with Gasteiger partial charge in [0.05, 0.1) is 0 Å². The van der Waals surface area contributed by atoms with E-state index in [1.54, 1.807) is 5.48 Å². The molecule has 2 atom stereocenters. The summed E-state index contributed by atoms with van der Waals surface area (Å²) < 4.78 is 0. The van der Waals surface area contributed by atoms with Gasteiger partial charge < -0.3 is 5.32 Å². The normalized spacial score (nSPS) is 19.3. The topological polar surface area (TPSA) is 78.4 Å². The molecule has 0 spiro atoms. The van der Waals surface area contributed by atoms with Crippen LogP contribution in [-0.2, 0) is 4.79 Å². The molecule has 5 nitrogen and oxygen atoms in total. The van der Waals surface area contributed by atoms with Crippen LogP contribution >= 0.6 is 0 Å². The van der Waals surface area contributed by atoms with Crippen molar-refractivity contribution in [1.29, 1.82) is 0 Å². The molecule has 0 radical (unpaired) electrons. The molecule has 3 N–H and O–H groups in total. The van der Waals surface area contributed by atoms with Gasteiger partial charge in [0.2, 0.25) is 5.91 Å². The van der Waals surface area contributed by atoms with E-state index in [9.17, 15) is 9.59 Å². The van der Waals surface area contributed by atoms with Crippen molar-refractivity contribution in [3.8, 4) is 11.1 Å². The molecule has 1 aliphatic carbocycles. The van der Waals surface area contributed by atoms with Crippen LogP contribution in [0.2, 0.25) is 0 Å². The summed E-state index contributed by atoms with van der Waals surface area (Å²) in [6.07, 6.45) is 5.02. The van der Waals surface area contributed by atoms with Gasteiger partial charge in [0.25, 0.3) is 5.91 Å². The van der Waals surface area contributed by atoms with Gasteiger partial charge in [-0.1, -0.05) is 55.3 Å².